The van der Waals surface area contributed by atoms with Crippen LogP contribution in [0.2, 0.25) is 0 Å². The van der Waals surface area contributed by atoms with Crippen LogP contribution in [0.1, 0.15) is 16.8 Å². The van der Waals surface area contributed by atoms with Crippen molar-refractivity contribution >= 4 is 17.6 Å². The van der Waals surface area contributed by atoms with Crippen LogP contribution in [0.15, 0.2) is 36.5 Å². The van der Waals surface area contributed by atoms with E-state index in [2.05, 4.69) is 0 Å². The molecular formula is C15H14N2O4. The second-order valence-corrected chi connectivity index (χ2v) is 4.95. The molecule has 0 spiro atoms. The number of aromatic nitrogens is 1. The van der Waals surface area contributed by atoms with Gasteiger partial charge in [0.15, 0.2) is 0 Å². The fourth-order valence-corrected chi connectivity index (χ4v) is 2.62. The van der Waals surface area contributed by atoms with Crippen molar-refractivity contribution in [2.75, 3.05) is 11.4 Å². The summed E-state index contributed by atoms with van der Waals surface area (Å²) in [5, 5.41) is 18.0. The lowest BCUT2D eigenvalue weighted by Crippen LogP contribution is -2.31. The first-order valence-electron chi connectivity index (χ1n) is 6.56. The Morgan fingerprint density at radius 2 is 1.95 bits per heavy atom. The molecule has 21 heavy (non-hydrogen) atoms. The highest BCUT2D eigenvalue weighted by Crippen LogP contribution is 2.36. The van der Waals surface area contributed by atoms with Gasteiger partial charge in [0.2, 0.25) is 0 Å². The van der Waals surface area contributed by atoms with Gasteiger partial charge in [-0.2, -0.15) is 0 Å². The second kappa shape index (κ2) is 4.97. The Bertz CT molecular complexity index is 720. The molecule has 0 fully saturated rings. The van der Waals surface area contributed by atoms with Crippen LogP contribution in [-0.2, 0) is 11.5 Å². The van der Waals surface area contributed by atoms with Gasteiger partial charge in [-0.3, -0.25) is 4.79 Å². The molecule has 1 aromatic carbocycles. The maximum absolute atomic E-state index is 11.1. The summed E-state index contributed by atoms with van der Waals surface area (Å²) in [6, 6.07) is 9.27. The Morgan fingerprint density at radius 1 is 1.19 bits per heavy atom. The van der Waals surface area contributed by atoms with Gasteiger partial charge in [0.1, 0.15) is 0 Å². The molecule has 108 valence electrons. The van der Waals surface area contributed by atoms with E-state index in [-0.39, 0.29) is 12.0 Å². The van der Waals surface area contributed by atoms with Crippen LogP contribution in [-0.4, -0.2) is 33.3 Å². The molecule has 6 nitrogen and oxygen atoms in total. The quantitative estimate of drug-likeness (QED) is 0.899. The van der Waals surface area contributed by atoms with Crippen LogP contribution in [0.25, 0.3) is 11.3 Å². The van der Waals surface area contributed by atoms with Gasteiger partial charge in [-0.25, -0.2) is 4.79 Å². The summed E-state index contributed by atoms with van der Waals surface area (Å²) in [7, 11) is 0. The zero-order valence-electron chi connectivity index (χ0n) is 11.2. The Kier molecular flexibility index (Phi) is 3.13. The number of anilines is 1. The van der Waals surface area contributed by atoms with Gasteiger partial charge in [0, 0.05) is 24.0 Å². The molecule has 0 radical (unpaired) electrons. The summed E-state index contributed by atoms with van der Waals surface area (Å²) >= 11 is 0. The molecule has 3 rings (SSSR count). The third-order valence-electron chi connectivity index (χ3n) is 3.58. The van der Waals surface area contributed by atoms with Crippen molar-refractivity contribution in [3.63, 3.8) is 0 Å². The van der Waals surface area contributed by atoms with Crippen molar-refractivity contribution in [1.82, 2.24) is 4.57 Å². The molecule has 0 aliphatic carbocycles. The van der Waals surface area contributed by atoms with E-state index < -0.39 is 11.9 Å². The van der Waals surface area contributed by atoms with E-state index in [0.29, 0.717) is 13.2 Å². The average molecular weight is 286 g/mol. The molecule has 0 saturated carbocycles. The van der Waals surface area contributed by atoms with Crippen molar-refractivity contribution in [2.24, 2.45) is 0 Å². The maximum atomic E-state index is 11.1. The number of nitrogens with zero attached hydrogens (tertiary/aromatic N) is 2. The molecule has 0 amide bonds. The van der Waals surface area contributed by atoms with Crippen LogP contribution in [0.4, 0.5) is 5.69 Å². The highest BCUT2D eigenvalue weighted by Gasteiger charge is 2.23. The molecule has 0 bridgehead atoms. The standard InChI is InChI=1S/C15H14N2O4/c18-14(19)5-6-16-9-17-8-10(15(20)21)7-13(17)11-3-1-2-4-12(11)16/h1-4,7-8H,5-6,9H2,(H,18,19)(H,20,21). The molecular weight excluding hydrogens is 272 g/mol. The molecule has 1 aromatic heterocycles. The van der Waals surface area contributed by atoms with Gasteiger partial charge in [-0.15, -0.1) is 0 Å². The molecule has 2 aromatic rings. The van der Waals surface area contributed by atoms with Crippen LogP contribution < -0.4 is 4.90 Å². The summed E-state index contributed by atoms with van der Waals surface area (Å²) in [6.45, 7) is 0.833. The molecule has 0 unspecified atom stereocenters. The Labute approximate surface area is 120 Å². The van der Waals surface area contributed by atoms with Crippen LogP contribution in [0, 0.1) is 0 Å². The van der Waals surface area contributed by atoms with E-state index in [1.165, 1.54) is 0 Å². The minimum absolute atomic E-state index is 0.0384. The predicted octanol–water partition coefficient (Wildman–Crippen LogP) is 2.11. The number of carbonyl (C=O) groups is 2. The number of benzene rings is 1. The normalized spacial score (nSPS) is 12.7. The molecule has 0 saturated heterocycles. The monoisotopic (exact) mass is 286 g/mol. The Balaban J connectivity index is 2.02. The number of rotatable bonds is 4. The van der Waals surface area contributed by atoms with Gasteiger partial charge in [-0.05, 0) is 12.1 Å². The molecule has 2 N–H and O–H groups in total. The lowest BCUT2D eigenvalue weighted by molar-refractivity contribution is -0.136. The maximum Gasteiger partial charge on any atom is 0.337 e. The van der Waals surface area contributed by atoms with Crippen molar-refractivity contribution < 1.29 is 19.8 Å². The van der Waals surface area contributed by atoms with Gasteiger partial charge >= 0.3 is 11.9 Å². The summed E-state index contributed by atoms with van der Waals surface area (Å²) in [5.41, 5.74) is 2.93. The van der Waals surface area contributed by atoms with Gasteiger partial charge < -0.3 is 19.7 Å². The van der Waals surface area contributed by atoms with E-state index >= 15 is 0 Å². The number of aromatic carboxylic acids is 1. The van der Waals surface area contributed by atoms with E-state index in [1.54, 1.807) is 12.3 Å². The minimum atomic E-state index is -0.966. The third-order valence-corrected chi connectivity index (χ3v) is 3.58. The van der Waals surface area contributed by atoms with Gasteiger partial charge in [0.05, 0.1) is 24.3 Å². The van der Waals surface area contributed by atoms with E-state index in [0.717, 1.165) is 16.9 Å². The largest absolute Gasteiger partial charge is 0.481 e. The van der Waals surface area contributed by atoms with E-state index in [4.69, 9.17) is 10.2 Å². The molecule has 2 heterocycles. The van der Waals surface area contributed by atoms with Crippen molar-refractivity contribution in [3.8, 4) is 11.3 Å². The number of para-hydroxylation sites is 1. The number of carboxylic acid groups (broad SMARTS) is 2. The smallest absolute Gasteiger partial charge is 0.337 e. The second-order valence-electron chi connectivity index (χ2n) is 4.95. The minimum Gasteiger partial charge on any atom is -0.481 e. The van der Waals surface area contributed by atoms with Gasteiger partial charge in [0.25, 0.3) is 0 Å². The fraction of sp³-hybridized carbons (Fsp3) is 0.200. The number of carboxylic acids is 2. The molecule has 0 atom stereocenters. The zero-order valence-corrected chi connectivity index (χ0v) is 11.2. The fourth-order valence-electron chi connectivity index (χ4n) is 2.62. The Morgan fingerprint density at radius 3 is 2.67 bits per heavy atom. The zero-order chi connectivity index (χ0) is 15.0. The first-order chi connectivity index (χ1) is 10.1. The molecule has 1 aliphatic heterocycles. The Hall–Kier alpha value is -2.76. The summed E-state index contributed by atoms with van der Waals surface area (Å²) < 4.78 is 1.84. The third kappa shape index (κ3) is 2.35. The average Bonchev–Trinajstić information content (AvgIpc) is 2.89. The first kappa shape index (κ1) is 13.2. The summed E-state index contributed by atoms with van der Waals surface area (Å²) in [6.07, 6.45) is 1.62. The number of hydrogen-bond donors (Lipinski definition) is 2. The topological polar surface area (TPSA) is 82.8 Å². The van der Waals surface area contributed by atoms with Crippen molar-refractivity contribution in [2.45, 2.75) is 13.1 Å². The van der Waals surface area contributed by atoms with Crippen molar-refractivity contribution in [1.29, 1.82) is 0 Å². The van der Waals surface area contributed by atoms with Crippen LogP contribution in [0.5, 0.6) is 0 Å². The van der Waals surface area contributed by atoms with E-state index in [9.17, 15) is 9.59 Å². The molecule has 1 aliphatic rings. The predicted molar refractivity (Wildman–Crippen MR) is 76.4 cm³/mol. The van der Waals surface area contributed by atoms with Crippen LogP contribution in [0.3, 0.4) is 0 Å². The summed E-state index contributed by atoms with van der Waals surface area (Å²) in [5.74, 6) is -1.82. The number of aliphatic carboxylic acids is 1. The summed E-state index contributed by atoms with van der Waals surface area (Å²) in [4.78, 5) is 23.9. The lowest BCUT2D eigenvalue weighted by Gasteiger charge is -2.32. The highest BCUT2D eigenvalue weighted by atomic mass is 16.4. The SMILES string of the molecule is O=C(O)CCN1Cn2cc(C(=O)O)cc2-c2ccccc21. The lowest BCUT2D eigenvalue weighted by atomic mass is 10.1. The number of hydrogen-bond acceptors (Lipinski definition) is 3. The van der Waals surface area contributed by atoms with Gasteiger partial charge in [-0.1, -0.05) is 18.2 Å². The first-order valence-corrected chi connectivity index (χ1v) is 6.56. The molecule has 6 heteroatoms. The van der Waals surface area contributed by atoms with E-state index in [1.807, 2.05) is 33.7 Å². The van der Waals surface area contributed by atoms with Crippen LogP contribution >= 0.6 is 0 Å². The highest BCUT2D eigenvalue weighted by molar-refractivity contribution is 5.91. The number of fused-ring (bicyclic) bond motifs is 3. The van der Waals surface area contributed by atoms with Crippen molar-refractivity contribution in [3.05, 3.63) is 42.1 Å².